The van der Waals surface area contributed by atoms with E-state index in [4.69, 9.17) is 5.11 Å². The van der Waals surface area contributed by atoms with E-state index in [9.17, 15) is 4.79 Å². The molecule has 1 unspecified atom stereocenters. The van der Waals surface area contributed by atoms with Gasteiger partial charge in [-0.05, 0) is 52.1 Å². The lowest BCUT2D eigenvalue weighted by Gasteiger charge is -2.12. The van der Waals surface area contributed by atoms with Crippen molar-refractivity contribution >= 4 is 23.3 Å². The number of benzene rings is 2. The standard InChI is InChI=1S/C20H20O2S/c1-13(2)14-6-8-15(9-7-14)19-11-18(12-23-19)16-4-3-5-17(10-16)20(21)22/h3-10,12-13,19H,11H2,1-2H3,(H,21,22). The van der Waals surface area contributed by atoms with E-state index in [0.29, 0.717) is 16.7 Å². The summed E-state index contributed by atoms with van der Waals surface area (Å²) >= 11 is 1.82. The van der Waals surface area contributed by atoms with Gasteiger partial charge in [0, 0.05) is 5.25 Å². The molecule has 0 bridgehead atoms. The molecular weight excluding hydrogens is 304 g/mol. The third-order valence-corrected chi connectivity index (χ3v) is 5.42. The van der Waals surface area contributed by atoms with Crippen LogP contribution in [0.5, 0.6) is 0 Å². The topological polar surface area (TPSA) is 37.3 Å². The van der Waals surface area contributed by atoms with Crippen LogP contribution in [0.15, 0.2) is 53.9 Å². The molecule has 0 amide bonds. The molecule has 118 valence electrons. The smallest absolute Gasteiger partial charge is 0.335 e. The molecule has 3 heteroatoms. The Labute approximate surface area is 141 Å². The van der Waals surface area contributed by atoms with Gasteiger partial charge in [0.05, 0.1) is 5.56 Å². The van der Waals surface area contributed by atoms with Crippen molar-refractivity contribution in [3.05, 3.63) is 76.2 Å². The summed E-state index contributed by atoms with van der Waals surface area (Å²) in [5.41, 5.74) is 5.27. The molecule has 0 saturated carbocycles. The van der Waals surface area contributed by atoms with Gasteiger partial charge in [-0.2, -0.15) is 0 Å². The van der Waals surface area contributed by atoms with Gasteiger partial charge in [0.1, 0.15) is 0 Å². The Morgan fingerprint density at radius 1 is 1.17 bits per heavy atom. The first-order valence-electron chi connectivity index (χ1n) is 7.82. The predicted molar refractivity (Wildman–Crippen MR) is 96.9 cm³/mol. The largest absolute Gasteiger partial charge is 0.478 e. The zero-order valence-electron chi connectivity index (χ0n) is 13.3. The second-order valence-electron chi connectivity index (χ2n) is 6.18. The number of carboxylic acid groups (broad SMARTS) is 1. The highest BCUT2D eigenvalue weighted by Crippen LogP contribution is 2.46. The van der Waals surface area contributed by atoms with Crippen LogP contribution in [-0.2, 0) is 0 Å². The van der Waals surface area contributed by atoms with Gasteiger partial charge < -0.3 is 5.11 Å². The minimum absolute atomic E-state index is 0.345. The highest BCUT2D eigenvalue weighted by molar-refractivity contribution is 8.02. The summed E-state index contributed by atoms with van der Waals surface area (Å²) in [6.45, 7) is 4.41. The molecule has 1 heterocycles. The summed E-state index contributed by atoms with van der Waals surface area (Å²) in [7, 11) is 0. The van der Waals surface area contributed by atoms with Crippen molar-refractivity contribution in [1.29, 1.82) is 0 Å². The van der Waals surface area contributed by atoms with Gasteiger partial charge >= 0.3 is 5.97 Å². The zero-order chi connectivity index (χ0) is 16.4. The van der Waals surface area contributed by atoms with Crippen molar-refractivity contribution in [3.8, 4) is 0 Å². The lowest BCUT2D eigenvalue weighted by atomic mass is 9.96. The predicted octanol–water partition coefficient (Wildman–Crippen LogP) is 5.73. The third kappa shape index (κ3) is 3.50. The SMILES string of the molecule is CC(C)c1ccc(C2CC(c3cccc(C(=O)O)c3)=CS2)cc1. The van der Waals surface area contributed by atoms with Crippen molar-refractivity contribution in [2.45, 2.75) is 31.4 Å². The Morgan fingerprint density at radius 3 is 2.57 bits per heavy atom. The van der Waals surface area contributed by atoms with E-state index in [2.05, 4.69) is 43.5 Å². The van der Waals surface area contributed by atoms with E-state index in [-0.39, 0.29) is 0 Å². The molecule has 23 heavy (non-hydrogen) atoms. The van der Waals surface area contributed by atoms with Crippen LogP contribution in [0.4, 0.5) is 0 Å². The minimum atomic E-state index is -0.876. The summed E-state index contributed by atoms with van der Waals surface area (Å²) in [5, 5.41) is 11.7. The fourth-order valence-corrected chi connectivity index (χ4v) is 3.94. The molecule has 2 aromatic rings. The van der Waals surface area contributed by atoms with E-state index in [1.165, 1.54) is 16.7 Å². The van der Waals surface area contributed by atoms with Crippen LogP contribution in [0.1, 0.15) is 58.5 Å². The maximum atomic E-state index is 11.1. The van der Waals surface area contributed by atoms with Gasteiger partial charge in [-0.25, -0.2) is 4.79 Å². The quantitative estimate of drug-likeness (QED) is 0.780. The Balaban J connectivity index is 1.75. The molecule has 0 fully saturated rings. The first-order valence-corrected chi connectivity index (χ1v) is 8.77. The van der Waals surface area contributed by atoms with Crippen LogP contribution >= 0.6 is 11.8 Å². The lowest BCUT2D eigenvalue weighted by Crippen LogP contribution is -1.97. The van der Waals surface area contributed by atoms with Crippen LogP contribution in [0.3, 0.4) is 0 Å². The summed E-state index contributed by atoms with van der Waals surface area (Å²) in [5.74, 6) is -0.327. The van der Waals surface area contributed by atoms with Crippen molar-refractivity contribution < 1.29 is 9.90 Å². The Morgan fingerprint density at radius 2 is 1.91 bits per heavy atom. The fourth-order valence-electron chi connectivity index (χ4n) is 2.79. The highest BCUT2D eigenvalue weighted by atomic mass is 32.2. The number of rotatable bonds is 4. The van der Waals surface area contributed by atoms with Crippen LogP contribution in [0, 0.1) is 0 Å². The van der Waals surface area contributed by atoms with E-state index in [1.54, 1.807) is 12.1 Å². The van der Waals surface area contributed by atoms with Gasteiger partial charge in [0.25, 0.3) is 0 Å². The first kappa shape index (κ1) is 15.9. The Hall–Kier alpha value is -2.00. The third-order valence-electron chi connectivity index (χ3n) is 4.24. The molecular formula is C20H20O2S. The molecule has 0 aromatic heterocycles. The lowest BCUT2D eigenvalue weighted by molar-refractivity contribution is 0.0697. The summed E-state index contributed by atoms with van der Waals surface area (Å²) < 4.78 is 0. The summed E-state index contributed by atoms with van der Waals surface area (Å²) in [6.07, 6.45) is 0.939. The molecule has 0 spiro atoms. The average molecular weight is 324 g/mol. The van der Waals surface area contributed by atoms with Gasteiger partial charge in [0.15, 0.2) is 0 Å². The monoisotopic (exact) mass is 324 g/mol. The van der Waals surface area contributed by atoms with Crippen molar-refractivity contribution in [2.24, 2.45) is 0 Å². The van der Waals surface area contributed by atoms with E-state index >= 15 is 0 Å². The Bertz CT molecular complexity index is 744. The number of thioether (sulfide) groups is 1. The molecule has 2 aromatic carbocycles. The van der Waals surface area contributed by atoms with Crippen LogP contribution in [0.25, 0.3) is 5.57 Å². The van der Waals surface area contributed by atoms with Crippen LogP contribution < -0.4 is 0 Å². The number of hydrogen-bond donors (Lipinski definition) is 1. The number of aromatic carboxylic acids is 1. The van der Waals surface area contributed by atoms with E-state index in [1.807, 2.05) is 23.9 Å². The molecule has 0 saturated heterocycles. The fraction of sp³-hybridized carbons (Fsp3) is 0.250. The normalized spacial score (nSPS) is 17.3. The van der Waals surface area contributed by atoms with E-state index in [0.717, 1.165) is 12.0 Å². The Kier molecular flexibility index (Phi) is 4.58. The number of hydrogen-bond acceptors (Lipinski definition) is 2. The van der Waals surface area contributed by atoms with Gasteiger partial charge in [0.2, 0.25) is 0 Å². The molecule has 1 aliphatic rings. The molecule has 1 atom stereocenters. The molecule has 1 aliphatic heterocycles. The van der Waals surface area contributed by atoms with Crippen molar-refractivity contribution in [3.63, 3.8) is 0 Å². The molecule has 0 radical (unpaired) electrons. The number of carboxylic acids is 1. The van der Waals surface area contributed by atoms with Gasteiger partial charge in [-0.15, -0.1) is 11.8 Å². The second kappa shape index (κ2) is 6.63. The average Bonchev–Trinajstić information content (AvgIpc) is 3.05. The van der Waals surface area contributed by atoms with Gasteiger partial charge in [-0.1, -0.05) is 50.2 Å². The van der Waals surface area contributed by atoms with E-state index < -0.39 is 5.97 Å². The maximum Gasteiger partial charge on any atom is 0.335 e. The van der Waals surface area contributed by atoms with Gasteiger partial charge in [-0.3, -0.25) is 0 Å². The number of carbonyl (C=O) groups is 1. The van der Waals surface area contributed by atoms with Crippen molar-refractivity contribution in [2.75, 3.05) is 0 Å². The second-order valence-corrected chi connectivity index (χ2v) is 7.26. The summed E-state index contributed by atoms with van der Waals surface area (Å²) in [6, 6.07) is 16.1. The molecule has 0 aliphatic carbocycles. The first-order chi connectivity index (χ1) is 11.0. The number of allylic oxidation sites excluding steroid dienone is 1. The van der Waals surface area contributed by atoms with Crippen LogP contribution in [-0.4, -0.2) is 11.1 Å². The molecule has 1 N–H and O–H groups in total. The summed E-state index contributed by atoms with van der Waals surface area (Å²) in [4.78, 5) is 11.1. The molecule has 3 rings (SSSR count). The molecule has 2 nitrogen and oxygen atoms in total. The zero-order valence-corrected chi connectivity index (χ0v) is 14.1. The maximum absolute atomic E-state index is 11.1. The van der Waals surface area contributed by atoms with Crippen molar-refractivity contribution in [1.82, 2.24) is 0 Å². The highest BCUT2D eigenvalue weighted by Gasteiger charge is 2.21. The van der Waals surface area contributed by atoms with Crippen LogP contribution in [0.2, 0.25) is 0 Å². The minimum Gasteiger partial charge on any atom is -0.478 e.